The minimum absolute atomic E-state index is 0. The summed E-state index contributed by atoms with van der Waals surface area (Å²) in [6.07, 6.45) is 5.59. The molecular formula is C22H32ClN3O2. The Morgan fingerprint density at radius 2 is 1.68 bits per heavy atom. The molecule has 0 bridgehead atoms. The molecule has 5 nitrogen and oxygen atoms in total. The van der Waals surface area contributed by atoms with Gasteiger partial charge in [-0.25, -0.2) is 0 Å². The summed E-state index contributed by atoms with van der Waals surface area (Å²) in [6, 6.07) is 10.2. The Bertz CT molecular complexity index is 676. The van der Waals surface area contributed by atoms with Crippen LogP contribution in [0, 0.1) is 11.3 Å². The van der Waals surface area contributed by atoms with E-state index in [2.05, 4.69) is 17.4 Å². The van der Waals surface area contributed by atoms with Gasteiger partial charge in [0.05, 0.1) is 0 Å². The van der Waals surface area contributed by atoms with Crippen LogP contribution >= 0.6 is 12.4 Å². The average molecular weight is 406 g/mol. The lowest BCUT2D eigenvalue weighted by atomic mass is 9.91. The first kappa shape index (κ1) is 21.1. The van der Waals surface area contributed by atoms with Gasteiger partial charge in [0.2, 0.25) is 11.8 Å². The lowest BCUT2D eigenvalue weighted by molar-refractivity contribution is -0.135. The van der Waals surface area contributed by atoms with Crippen molar-refractivity contribution < 1.29 is 9.59 Å². The summed E-state index contributed by atoms with van der Waals surface area (Å²) in [6.45, 7) is 5.05. The number of rotatable bonds is 4. The number of carbonyl (C=O) groups excluding carboxylic acids is 2. The minimum Gasteiger partial charge on any atom is -0.341 e. The van der Waals surface area contributed by atoms with E-state index in [9.17, 15) is 9.59 Å². The Hall–Kier alpha value is -1.59. The van der Waals surface area contributed by atoms with Crippen LogP contribution in [0.2, 0.25) is 0 Å². The van der Waals surface area contributed by atoms with Crippen LogP contribution in [0.3, 0.4) is 0 Å². The summed E-state index contributed by atoms with van der Waals surface area (Å²) in [7, 11) is 0. The monoisotopic (exact) mass is 405 g/mol. The molecule has 3 aliphatic rings. The fourth-order valence-corrected chi connectivity index (χ4v) is 4.84. The molecule has 1 spiro atoms. The highest BCUT2D eigenvalue weighted by atomic mass is 35.5. The molecule has 3 fully saturated rings. The first-order valence-corrected chi connectivity index (χ1v) is 10.5. The van der Waals surface area contributed by atoms with Gasteiger partial charge < -0.3 is 15.1 Å². The number of carbonyl (C=O) groups is 2. The summed E-state index contributed by atoms with van der Waals surface area (Å²) < 4.78 is 0. The van der Waals surface area contributed by atoms with Gasteiger partial charge in [-0.2, -0.15) is 0 Å². The number of hydrogen-bond donors (Lipinski definition) is 1. The van der Waals surface area contributed by atoms with Gasteiger partial charge >= 0.3 is 0 Å². The van der Waals surface area contributed by atoms with E-state index in [0.717, 1.165) is 58.3 Å². The first-order chi connectivity index (χ1) is 13.2. The van der Waals surface area contributed by atoms with Crippen molar-refractivity contribution in [3.63, 3.8) is 0 Å². The zero-order valence-corrected chi connectivity index (χ0v) is 17.4. The normalized spacial score (nSPS) is 23.6. The van der Waals surface area contributed by atoms with Gasteiger partial charge in [-0.05, 0) is 56.2 Å². The molecule has 1 aromatic rings. The third-order valence-electron chi connectivity index (χ3n) is 6.72. The predicted octanol–water partition coefficient (Wildman–Crippen LogP) is 2.49. The molecule has 2 amide bonds. The molecule has 1 atom stereocenters. The topological polar surface area (TPSA) is 52.7 Å². The van der Waals surface area contributed by atoms with Gasteiger partial charge in [0.25, 0.3) is 0 Å². The average Bonchev–Trinajstić information content (AvgIpc) is 3.45. The summed E-state index contributed by atoms with van der Waals surface area (Å²) in [5.41, 5.74) is 1.50. The molecule has 6 heteroatoms. The fraction of sp³-hybridized carbons (Fsp3) is 0.636. The van der Waals surface area contributed by atoms with Gasteiger partial charge in [-0.3, -0.25) is 9.59 Å². The molecule has 1 aromatic carbocycles. The highest BCUT2D eigenvalue weighted by Gasteiger charge is 2.58. The van der Waals surface area contributed by atoms with E-state index in [1.54, 1.807) is 0 Å². The van der Waals surface area contributed by atoms with E-state index >= 15 is 0 Å². The highest BCUT2D eigenvalue weighted by molar-refractivity contribution is 5.85. The molecule has 1 aliphatic carbocycles. The molecule has 0 aromatic heterocycles. The number of halogens is 1. The molecule has 2 saturated heterocycles. The van der Waals surface area contributed by atoms with Gasteiger partial charge in [0.1, 0.15) is 0 Å². The van der Waals surface area contributed by atoms with E-state index in [-0.39, 0.29) is 24.2 Å². The second-order valence-corrected chi connectivity index (χ2v) is 8.41. The summed E-state index contributed by atoms with van der Waals surface area (Å²) in [4.78, 5) is 29.6. The van der Waals surface area contributed by atoms with Crippen LogP contribution in [0.25, 0.3) is 0 Å². The number of nitrogens with one attached hydrogen (secondary N) is 1. The molecular weight excluding hydrogens is 374 g/mol. The van der Waals surface area contributed by atoms with Crippen molar-refractivity contribution in [2.24, 2.45) is 11.3 Å². The Morgan fingerprint density at radius 3 is 2.43 bits per heavy atom. The quantitative estimate of drug-likeness (QED) is 0.837. The Morgan fingerprint density at radius 1 is 1.00 bits per heavy atom. The Labute approximate surface area is 174 Å². The Balaban J connectivity index is 0.00000225. The number of hydrogen-bond acceptors (Lipinski definition) is 3. The maximum atomic E-state index is 13.0. The Kier molecular flexibility index (Phi) is 7.00. The predicted molar refractivity (Wildman–Crippen MR) is 112 cm³/mol. The third-order valence-corrected chi connectivity index (χ3v) is 6.72. The number of aryl methyl sites for hydroxylation is 1. The molecule has 1 saturated carbocycles. The van der Waals surface area contributed by atoms with Crippen LogP contribution in [0.1, 0.15) is 37.7 Å². The van der Waals surface area contributed by atoms with Gasteiger partial charge in [-0.15, -0.1) is 12.4 Å². The third kappa shape index (κ3) is 4.69. The lowest BCUT2D eigenvalue weighted by Gasteiger charge is -2.26. The molecule has 1 N–H and O–H groups in total. The van der Waals surface area contributed by atoms with Crippen LogP contribution in [0.4, 0.5) is 0 Å². The maximum Gasteiger partial charge on any atom is 0.226 e. The van der Waals surface area contributed by atoms with E-state index in [1.807, 2.05) is 28.0 Å². The van der Waals surface area contributed by atoms with E-state index < -0.39 is 0 Å². The zero-order chi connectivity index (χ0) is 18.7. The molecule has 1 unspecified atom stereocenters. The highest BCUT2D eigenvalue weighted by Crippen LogP contribution is 2.59. The van der Waals surface area contributed by atoms with Crippen molar-refractivity contribution in [2.75, 3.05) is 39.3 Å². The minimum atomic E-state index is 0. The van der Waals surface area contributed by atoms with Crippen molar-refractivity contribution >= 4 is 24.2 Å². The largest absolute Gasteiger partial charge is 0.341 e. The molecule has 154 valence electrons. The molecule has 4 rings (SSSR count). The fourth-order valence-electron chi connectivity index (χ4n) is 4.84. The molecule has 28 heavy (non-hydrogen) atoms. The van der Waals surface area contributed by atoms with Crippen LogP contribution in [0.5, 0.6) is 0 Å². The number of piperidine rings is 1. The van der Waals surface area contributed by atoms with Crippen molar-refractivity contribution in [3.8, 4) is 0 Å². The SMILES string of the molecule is Cl.O=C(CCc1ccccc1)N1CCCN(C(=O)C2CC23CCNCC3)CC1. The second kappa shape index (κ2) is 9.27. The summed E-state index contributed by atoms with van der Waals surface area (Å²) >= 11 is 0. The maximum absolute atomic E-state index is 13.0. The van der Waals surface area contributed by atoms with E-state index in [0.29, 0.717) is 30.8 Å². The molecule has 0 radical (unpaired) electrons. The van der Waals surface area contributed by atoms with Crippen LogP contribution in [0.15, 0.2) is 30.3 Å². The van der Waals surface area contributed by atoms with Gasteiger partial charge in [0.15, 0.2) is 0 Å². The van der Waals surface area contributed by atoms with Crippen LogP contribution < -0.4 is 5.32 Å². The van der Waals surface area contributed by atoms with Crippen molar-refractivity contribution in [2.45, 2.75) is 38.5 Å². The number of nitrogens with zero attached hydrogens (tertiary/aromatic N) is 2. The second-order valence-electron chi connectivity index (χ2n) is 8.41. The standard InChI is InChI=1S/C22H31N3O2.ClH/c26-20(8-7-18-5-2-1-3-6-18)24-13-4-14-25(16-15-24)21(27)19-17-22(19)9-11-23-12-10-22;/h1-3,5-6,19,23H,4,7-17H2;1H. The van der Waals surface area contributed by atoms with Crippen molar-refractivity contribution in [3.05, 3.63) is 35.9 Å². The summed E-state index contributed by atoms with van der Waals surface area (Å²) in [5, 5.41) is 3.40. The van der Waals surface area contributed by atoms with Crippen LogP contribution in [-0.2, 0) is 16.0 Å². The van der Waals surface area contributed by atoms with Crippen molar-refractivity contribution in [1.82, 2.24) is 15.1 Å². The zero-order valence-electron chi connectivity index (χ0n) is 16.6. The summed E-state index contributed by atoms with van der Waals surface area (Å²) in [5.74, 6) is 0.796. The van der Waals surface area contributed by atoms with Gasteiger partial charge in [-0.1, -0.05) is 30.3 Å². The number of benzene rings is 1. The smallest absolute Gasteiger partial charge is 0.226 e. The van der Waals surface area contributed by atoms with E-state index in [4.69, 9.17) is 0 Å². The first-order valence-electron chi connectivity index (χ1n) is 10.5. The van der Waals surface area contributed by atoms with Crippen molar-refractivity contribution in [1.29, 1.82) is 0 Å². The molecule has 2 heterocycles. The lowest BCUT2D eigenvalue weighted by Crippen LogP contribution is -2.39. The van der Waals surface area contributed by atoms with E-state index in [1.165, 1.54) is 5.56 Å². The van der Waals surface area contributed by atoms with Gasteiger partial charge in [0, 0.05) is 38.5 Å². The molecule has 2 aliphatic heterocycles. The van der Waals surface area contributed by atoms with Crippen LogP contribution in [-0.4, -0.2) is 60.9 Å². The number of amides is 2.